The SMILES string of the molecule is CCOC(=O)[C@@H]1C[C@H]2C[C@@H](CCCCC#N)CC[C@H]2CN1C(=O)OC. The average Bonchev–Trinajstić information content (AvgIpc) is 2.63. The molecule has 0 spiro atoms. The number of hydrogen-bond acceptors (Lipinski definition) is 5. The fourth-order valence-corrected chi connectivity index (χ4v) is 4.43. The summed E-state index contributed by atoms with van der Waals surface area (Å²) in [5.41, 5.74) is 0. The highest BCUT2D eigenvalue weighted by molar-refractivity contribution is 5.81. The molecule has 0 aromatic carbocycles. The molecule has 2 fully saturated rings. The van der Waals surface area contributed by atoms with Gasteiger partial charge < -0.3 is 9.47 Å². The first-order valence-corrected chi connectivity index (χ1v) is 9.48. The topological polar surface area (TPSA) is 79.6 Å². The molecule has 6 nitrogen and oxygen atoms in total. The average molecular weight is 350 g/mol. The standard InChI is InChI=1S/C19H30N2O4/c1-3-25-18(22)17-12-16-11-14(7-5-4-6-10-20)8-9-15(16)13-21(17)19(23)24-2/h14-17H,3-9,11-13H2,1-2H3/t14-,15-,16+,17-/m0/s1. The van der Waals surface area contributed by atoms with E-state index in [1.165, 1.54) is 13.5 Å². The van der Waals surface area contributed by atoms with E-state index in [2.05, 4.69) is 6.07 Å². The lowest BCUT2D eigenvalue weighted by Crippen LogP contribution is -2.55. The number of carbonyl (C=O) groups is 2. The van der Waals surface area contributed by atoms with Gasteiger partial charge in [-0.1, -0.05) is 19.3 Å². The summed E-state index contributed by atoms with van der Waals surface area (Å²) in [7, 11) is 1.36. The zero-order valence-corrected chi connectivity index (χ0v) is 15.4. The van der Waals surface area contributed by atoms with Gasteiger partial charge in [-0.3, -0.25) is 4.90 Å². The molecule has 0 N–H and O–H groups in total. The number of esters is 1. The molecule has 0 bridgehead atoms. The Balaban J connectivity index is 1.97. The number of likely N-dealkylation sites (tertiary alicyclic amines) is 1. The van der Waals surface area contributed by atoms with Crippen molar-refractivity contribution in [1.82, 2.24) is 4.90 Å². The van der Waals surface area contributed by atoms with Gasteiger partial charge in [0.1, 0.15) is 6.04 Å². The van der Waals surface area contributed by atoms with Gasteiger partial charge in [-0.2, -0.15) is 5.26 Å². The molecule has 0 radical (unpaired) electrons. The molecule has 6 heteroatoms. The molecule has 4 atom stereocenters. The maximum Gasteiger partial charge on any atom is 0.410 e. The smallest absolute Gasteiger partial charge is 0.410 e. The quantitative estimate of drug-likeness (QED) is 0.541. The highest BCUT2D eigenvalue weighted by Gasteiger charge is 2.44. The second kappa shape index (κ2) is 9.65. The summed E-state index contributed by atoms with van der Waals surface area (Å²) in [5.74, 6) is 1.26. The van der Waals surface area contributed by atoms with Crippen LogP contribution in [0.3, 0.4) is 0 Å². The van der Waals surface area contributed by atoms with Crippen LogP contribution in [0.1, 0.15) is 58.3 Å². The van der Waals surface area contributed by atoms with Crippen LogP contribution in [0.4, 0.5) is 4.79 Å². The maximum atomic E-state index is 12.3. The largest absolute Gasteiger partial charge is 0.464 e. The molecule has 25 heavy (non-hydrogen) atoms. The highest BCUT2D eigenvalue weighted by atomic mass is 16.6. The van der Waals surface area contributed by atoms with Crippen LogP contribution >= 0.6 is 0 Å². The Morgan fingerprint density at radius 1 is 1.20 bits per heavy atom. The lowest BCUT2D eigenvalue weighted by atomic mass is 9.68. The van der Waals surface area contributed by atoms with E-state index >= 15 is 0 Å². The first-order chi connectivity index (χ1) is 12.1. The molecule has 0 unspecified atom stereocenters. The van der Waals surface area contributed by atoms with Gasteiger partial charge in [0, 0.05) is 13.0 Å². The second-order valence-electron chi connectivity index (χ2n) is 7.23. The number of nitrogens with zero attached hydrogens (tertiary/aromatic N) is 2. The Hall–Kier alpha value is -1.77. The van der Waals surface area contributed by atoms with E-state index in [-0.39, 0.29) is 5.97 Å². The van der Waals surface area contributed by atoms with Crippen molar-refractivity contribution < 1.29 is 19.1 Å². The van der Waals surface area contributed by atoms with E-state index < -0.39 is 12.1 Å². The lowest BCUT2D eigenvalue weighted by Gasteiger charge is -2.46. The second-order valence-corrected chi connectivity index (χ2v) is 7.23. The van der Waals surface area contributed by atoms with E-state index in [4.69, 9.17) is 14.7 Å². The van der Waals surface area contributed by atoms with Crippen molar-refractivity contribution in [3.8, 4) is 6.07 Å². The number of methoxy groups -OCH3 is 1. The van der Waals surface area contributed by atoms with Gasteiger partial charge >= 0.3 is 12.1 Å². The molecule has 1 aliphatic heterocycles. The summed E-state index contributed by atoms with van der Waals surface area (Å²) in [4.78, 5) is 26.0. The first kappa shape index (κ1) is 19.6. The van der Waals surface area contributed by atoms with Crippen molar-refractivity contribution in [2.24, 2.45) is 17.8 Å². The van der Waals surface area contributed by atoms with Crippen LogP contribution < -0.4 is 0 Å². The monoisotopic (exact) mass is 350 g/mol. The van der Waals surface area contributed by atoms with Gasteiger partial charge in [0.2, 0.25) is 0 Å². The van der Waals surface area contributed by atoms with Crippen LogP contribution in [-0.4, -0.2) is 43.3 Å². The molecule has 140 valence electrons. The van der Waals surface area contributed by atoms with Crippen LogP contribution in [-0.2, 0) is 14.3 Å². The number of unbranched alkanes of at least 4 members (excludes halogenated alkanes) is 2. The minimum Gasteiger partial charge on any atom is -0.464 e. The van der Waals surface area contributed by atoms with E-state index in [0.29, 0.717) is 43.7 Å². The minimum atomic E-state index is -0.522. The number of hydrogen-bond donors (Lipinski definition) is 0. The summed E-state index contributed by atoms with van der Waals surface area (Å²) in [6, 6.07) is 1.68. The van der Waals surface area contributed by atoms with Crippen LogP contribution in [0.15, 0.2) is 0 Å². The Labute approximate surface area is 150 Å². The van der Waals surface area contributed by atoms with Gasteiger partial charge in [-0.25, -0.2) is 9.59 Å². The van der Waals surface area contributed by atoms with Crippen molar-refractivity contribution in [3.63, 3.8) is 0 Å². The molecule has 1 saturated heterocycles. The van der Waals surface area contributed by atoms with Gasteiger partial charge in [0.15, 0.2) is 0 Å². The maximum absolute atomic E-state index is 12.3. The lowest BCUT2D eigenvalue weighted by molar-refractivity contribution is -0.152. The molecule has 2 aliphatic rings. The highest BCUT2D eigenvalue weighted by Crippen LogP contribution is 2.42. The summed E-state index contributed by atoms with van der Waals surface area (Å²) >= 11 is 0. The molecular weight excluding hydrogens is 320 g/mol. The number of fused-ring (bicyclic) bond motifs is 1. The van der Waals surface area contributed by atoms with Crippen LogP contribution in [0.2, 0.25) is 0 Å². The molecule has 1 amide bonds. The summed E-state index contributed by atoms with van der Waals surface area (Å²) in [6.45, 7) is 2.69. The van der Waals surface area contributed by atoms with Gasteiger partial charge in [0.25, 0.3) is 0 Å². The Bertz CT molecular complexity index is 502. The van der Waals surface area contributed by atoms with E-state index in [1.807, 2.05) is 0 Å². The molecule has 0 aromatic rings. The van der Waals surface area contributed by atoms with Crippen molar-refractivity contribution in [2.75, 3.05) is 20.3 Å². The van der Waals surface area contributed by atoms with Gasteiger partial charge in [0.05, 0.1) is 19.8 Å². The zero-order chi connectivity index (χ0) is 18.2. The van der Waals surface area contributed by atoms with Gasteiger partial charge in [-0.15, -0.1) is 0 Å². The van der Waals surface area contributed by atoms with Gasteiger partial charge in [-0.05, 0) is 50.4 Å². The summed E-state index contributed by atoms with van der Waals surface area (Å²) in [6.07, 6.45) is 7.50. The minimum absolute atomic E-state index is 0.317. The van der Waals surface area contributed by atoms with Crippen LogP contribution in [0.25, 0.3) is 0 Å². The molecule has 2 rings (SSSR count). The third kappa shape index (κ3) is 5.10. The number of carbonyl (C=O) groups excluding carboxylic acids is 2. The van der Waals surface area contributed by atoms with Crippen LogP contribution in [0.5, 0.6) is 0 Å². The fourth-order valence-electron chi connectivity index (χ4n) is 4.43. The molecular formula is C19H30N2O4. The number of rotatable bonds is 6. The number of amides is 1. The number of ether oxygens (including phenoxy) is 2. The van der Waals surface area contributed by atoms with E-state index in [0.717, 1.165) is 32.1 Å². The molecule has 1 heterocycles. The number of nitriles is 1. The normalized spacial score (nSPS) is 28.6. The predicted molar refractivity (Wildman–Crippen MR) is 92.6 cm³/mol. The Morgan fingerprint density at radius 2 is 2.00 bits per heavy atom. The van der Waals surface area contributed by atoms with Crippen molar-refractivity contribution in [1.29, 1.82) is 5.26 Å². The Morgan fingerprint density at radius 3 is 2.68 bits per heavy atom. The predicted octanol–water partition coefficient (Wildman–Crippen LogP) is 3.51. The third-order valence-corrected chi connectivity index (χ3v) is 5.70. The third-order valence-electron chi connectivity index (χ3n) is 5.70. The first-order valence-electron chi connectivity index (χ1n) is 9.48. The van der Waals surface area contributed by atoms with Crippen molar-refractivity contribution >= 4 is 12.1 Å². The van der Waals surface area contributed by atoms with Crippen molar-refractivity contribution in [3.05, 3.63) is 0 Å². The van der Waals surface area contributed by atoms with E-state index in [9.17, 15) is 9.59 Å². The summed E-state index contributed by atoms with van der Waals surface area (Å²) in [5, 5.41) is 8.64. The Kier molecular flexibility index (Phi) is 7.54. The van der Waals surface area contributed by atoms with Crippen LogP contribution in [0, 0.1) is 29.1 Å². The summed E-state index contributed by atoms with van der Waals surface area (Å²) < 4.78 is 10.1. The number of piperidine rings is 1. The van der Waals surface area contributed by atoms with Crippen molar-refractivity contribution in [2.45, 2.75) is 64.3 Å². The molecule has 1 saturated carbocycles. The molecule has 0 aromatic heterocycles. The van der Waals surface area contributed by atoms with E-state index in [1.54, 1.807) is 11.8 Å². The molecule has 1 aliphatic carbocycles. The zero-order valence-electron chi connectivity index (χ0n) is 15.4. The fraction of sp³-hybridized carbons (Fsp3) is 0.842.